The molecule has 1 aromatic carbocycles. The lowest BCUT2D eigenvalue weighted by molar-refractivity contribution is 0.355. The van der Waals surface area contributed by atoms with Crippen LogP contribution in [0.3, 0.4) is 0 Å². The zero-order valence-corrected chi connectivity index (χ0v) is 17.4. The van der Waals surface area contributed by atoms with Gasteiger partial charge in [0.05, 0.1) is 20.8 Å². The number of aromatic nitrogens is 4. The van der Waals surface area contributed by atoms with E-state index >= 15 is 0 Å². The highest BCUT2D eigenvalue weighted by Crippen LogP contribution is 2.27. The SMILES string of the molecule is C#CCn1c(=O)c2c(nc(C#Cc3ccc(OC)c(OC)c3)n2C)n(CC=CN)c1=O. The van der Waals surface area contributed by atoms with Gasteiger partial charge >= 0.3 is 5.69 Å². The highest BCUT2D eigenvalue weighted by atomic mass is 16.5. The normalized spacial score (nSPS) is 10.6. The molecule has 0 aliphatic heterocycles. The zero-order chi connectivity index (χ0) is 22.5. The number of fused-ring (bicyclic) bond motifs is 1. The Morgan fingerprint density at radius 3 is 2.55 bits per heavy atom. The van der Waals surface area contributed by atoms with Crippen LogP contribution in [0.15, 0.2) is 40.1 Å². The summed E-state index contributed by atoms with van der Waals surface area (Å²) < 4.78 is 14.4. The van der Waals surface area contributed by atoms with Crippen LogP contribution < -0.4 is 26.5 Å². The largest absolute Gasteiger partial charge is 0.493 e. The second-order valence-corrected chi connectivity index (χ2v) is 6.40. The van der Waals surface area contributed by atoms with Gasteiger partial charge in [-0.2, -0.15) is 0 Å². The average Bonchev–Trinajstić information content (AvgIpc) is 3.11. The molecule has 158 valence electrons. The summed E-state index contributed by atoms with van der Waals surface area (Å²) in [5.41, 5.74) is 5.43. The molecule has 2 N–H and O–H groups in total. The van der Waals surface area contributed by atoms with Gasteiger partial charge in [0.15, 0.2) is 28.5 Å². The van der Waals surface area contributed by atoms with E-state index in [9.17, 15) is 9.59 Å². The molecular formula is C22H21N5O4. The van der Waals surface area contributed by atoms with Crippen molar-refractivity contribution in [2.45, 2.75) is 13.1 Å². The quantitative estimate of drug-likeness (QED) is 0.601. The summed E-state index contributed by atoms with van der Waals surface area (Å²) in [6.07, 6.45) is 8.23. The first kappa shape index (κ1) is 21.3. The van der Waals surface area contributed by atoms with Crippen LogP contribution in [0.2, 0.25) is 0 Å². The Kier molecular flexibility index (Phi) is 6.18. The maximum absolute atomic E-state index is 12.9. The average molecular weight is 419 g/mol. The minimum Gasteiger partial charge on any atom is -0.493 e. The molecule has 0 radical (unpaired) electrons. The Morgan fingerprint density at radius 1 is 1.16 bits per heavy atom. The molecule has 0 bridgehead atoms. The summed E-state index contributed by atoms with van der Waals surface area (Å²) in [6.45, 7) is -0.0198. The molecular weight excluding hydrogens is 398 g/mol. The van der Waals surface area contributed by atoms with E-state index in [4.69, 9.17) is 21.6 Å². The molecule has 0 unspecified atom stereocenters. The van der Waals surface area contributed by atoms with Gasteiger partial charge in [0.1, 0.15) is 0 Å². The number of nitrogens with two attached hydrogens (primary N) is 1. The number of aryl methyl sites for hydroxylation is 1. The van der Waals surface area contributed by atoms with Crippen LogP contribution in [0.1, 0.15) is 11.4 Å². The van der Waals surface area contributed by atoms with Gasteiger partial charge in [-0.25, -0.2) is 14.3 Å². The molecule has 0 saturated carbocycles. The fraction of sp³-hybridized carbons (Fsp3) is 0.227. The Morgan fingerprint density at radius 2 is 1.90 bits per heavy atom. The van der Waals surface area contributed by atoms with Gasteiger partial charge in [-0.15, -0.1) is 6.42 Å². The van der Waals surface area contributed by atoms with Gasteiger partial charge in [0.25, 0.3) is 5.56 Å². The number of allylic oxidation sites excluding steroid dienone is 1. The molecule has 3 rings (SSSR count). The minimum atomic E-state index is -0.564. The van der Waals surface area contributed by atoms with Crippen molar-refractivity contribution in [2.24, 2.45) is 12.8 Å². The monoisotopic (exact) mass is 419 g/mol. The highest BCUT2D eigenvalue weighted by Gasteiger charge is 2.18. The van der Waals surface area contributed by atoms with Crippen LogP contribution in [0.25, 0.3) is 11.2 Å². The van der Waals surface area contributed by atoms with E-state index in [0.29, 0.717) is 22.9 Å². The van der Waals surface area contributed by atoms with Gasteiger partial charge in [0, 0.05) is 19.2 Å². The topological polar surface area (TPSA) is 106 Å². The fourth-order valence-corrected chi connectivity index (χ4v) is 3.08. The minimum absolute atomic E-state index is 0.135. The van der Waals surface area contributed by atoms with Crippen molar-refractivity contribution < 1.29 is 9.47 Å². The Labute approximate surface area is 178 Å². The number of methoxy groups -OCH3 is 2. The highest BCUT2D eigenvalue weighted by molar-refractivity contribution is 5.72. The lowest BCUT2D eigenvalue weighted by atomic mass is 10.2. The van der Waals surface area contributed by atoms with E-state index in [1.54, 1.807) is 43.0 Å². The second-order valence-electron chi connectivity index (χ2n) is 6.40. The van der Waals surface area contributed by atoms with E-state index < -0.39 is 11.2 Å². The number of terminal acetylenes is 1. The summed E-state index contributed by atoms with van der Waals surface area (Å²) in [5.74, 6) is 9.71. The third-order valence-corrected chi connectivity index (χ3v) is 4.62. The van der Waals surface area contributed by atoms with Crippen LogP contribution in [-0.4, -0.2) is 32.9 Å². The van der Waals surface area contributed by atoms with E-state index in [2.05, 4.69) is 22.7 Å². The van der Waals surface area contributed by atoms with Crippen LogP contribution in [0.4, 0.5) is 0 Å². The van der Waals surface area contributed by atoms with E-state index in [0.717, 1.165) is 4.57 Å². The number of nitrogens with zero attached hydrogens (tertiary/aromatic N) is 4. The van der Waals surface area contributed by atoms with Gasteiger partial charge in [-0.05, 0) is 36.4 Å². The Balaban J connectivity index is 2.21. The number of ether oxygens (including phenoxy) is 2. The summed E-state index contributed by atoms with van der Waals surface area (Å²) in [4.78, 5) is 30.1. The third kappa shape index (κ3) is 3.89. The maximum atomic E-state index is 12.9. The number of benzene rings is 1. The predicted molar refractivity (Wildman–Crippen MR) is 117 cm³/mol. The first-order valence-corrected chi connectivity index (χ1v) is 9.21. The molecule has 2 heterocycles. The van der Waals surface area contributed by atoms with Crippen LogP contribution >= 0.6 is 0 Å². The van der Waals surface area contributed by atoms with Gasteiger partial charge in [-0.3, -0.25) is 9.36 Å². The number of hydrogen-bond donors (Lipinski definition) is 1. The Bertz CT molecular complexity index is 1390. The van der Waals surface area contributed by atoms with Gasteiger partial charge < -0.3 is 19.8 Å². The summed E-state index contributed by atoms with van der Waals surface area (Å²) >= 11 is 0. The molecule has 31 heavy (non-hydrogen) atoms. The molecule has 0 amide bonds. The van der Waals surface area contributed by atoms with Crippen molar-refractivity contribution in [3.8, 4) is 35.7 Å². The molecule has 3 aromatic rings. The first-order valence-electron chi connectivity index (χ1n) is 9.21. The van der Waals surface area contributed by atoms with Crippen molar-refractivity contribution in [3.63, 3.8) is 0 Å². The molecule has 0 atom stereocenters. The molecule has 0 fully saturated rings. The van der Waals surface area contributed by atoms with Crippen molar-refractivity contribution in [2.75, 3.05) is 14.2 Å². The van der Waals surface area contributed by atoms with Crippen molar-refractivity contribution in [1.29, 1.82) is 0 Å². The smallest absolute Gasteiger partial charge is 0.333 e. The van der Waals surface area contributed by atoms with Gasteiger partial charge in [0.2, 0.25) is 0 Å². The Hall–Kier alpha value is -4.37. The lowest BCUT2D eigenvalue weighted by Gasteiger charge is -2.08. The van der Waals surface area contributed by atoms with Crippen molar-refractivity contribution >= 4 is 11.2 Å². The third-order valence-electron chi connectivity index (χ3n) is 4.62. The molecule has 0 aliphatic rings. The predicted octanol–water partition coefficient (Wildman–Crippen LogP) is 0.419. The first-order chi connectivity index (χ1) is 15.0. The van der Waals surface area contributed by atoms with Gasteiger partial charge in [-0.1, -0.05) is 11.8 Å². The second kappa shape index (κ2) is 8.97. The molecule has 2 aromatic heterocycles. The van der Waals surface area contributed by atoms with E-state index in [-0.39, 0.29) is 24.3 Å². The summed E-state index contributed by atoms with van der Waals surface area (Å²) in [7, 11) is 4.75. The van der Waals surface area contributed by atoms with E-state index in [1.165, 1.54) is 17.9 Å². The summed E-state index contributed by atoms with van der Waals surface area (Å²) in [6, 6.07) is 5.25. The van der Waals surface area contributed by atoms with Crippen LogP contribution in [-0.2, 0) is 20.1 Å². The molecule has 9 nitrogen and oxygen atoms in total. The van der Waals surface area contributed by atoms with Crippen molar-refractivity contribution in [3.05, 3.63) is 62.7 Å². The maximum Gasteiger partial charge on any atom is 0.333 e. The van der Waals surface area contributed by atoms with E-state index in [1.807, 2.05) is 0 Å². The zero-order valence-electron chi connectivity index (χ0n) is 17.4. The lowest BCUT2D eigenvalue weighted by Crippen LogP contribution is -2.40. The standard InChI is InChI=1S/C22H21N5O4/c1-5-12-27-21(28)19-20(26(22(27)29)13-6-11-23)24-18(25(19)2)10-8-15-7-9-16(30-3)17(14-15)31-4/h1,6-7,9,11,14H,12-13,23H2,2-4H3. The summed E-state index contributed by atoms with van der Waals surface area (Å²) in [5, 5.41) is 0. The van der Waals surface area contributed by atoms with Crippen molar-refractivity contribution in [1.82, 2.24) is 18.7 Å². The number of rotatable bonds is 5. The number of imidazole rings is 1. The molecule has 9 heteroatoms. The molecule has 0 saturated heterocycles. The molecule has 0 spiro atoms. The van der Waals surface area contributed by atoms with Crippen LogP contribution in [0.5, 0.6) is 11.5 Å². The fourth-order valence-electron chi connectivity index (χ4n) is 3.08. The van der Waals surface area contributed by atoms with Crippen LogP contribution in [0, 0.1) is 24.2 Å². The number of hydrogen-bond acceptors (Lipinski definition) is 6. The molecule has 0 aliphatic carbocycles.